The summed E-state index contributed by atoms with van der Waals surface area (Å²) in [5, 5.41) is 3.57. The lowest BCUT2D eigenvalue weighted by Crippen LogP contribution is -2.33. The third-order valence-corrected chi connectivity index (χ3v) is 3.57. The lowest BCUT2D eigenvalue weighted by molar-refractivity contribution is 0.00926. The van der Waals surface area contributed by atoms with Crippen molar-refractivity contribution in [1.82, 2.24) is 0 Å². The van der Waals surface area contributed by atoms with Crippen LogP contribution in [-0.4, -0.2) is 18.8 Å². The summed E-state index contributed by atoms with van der Waals surface area (Å²) in [6, 6.07) is 8.92. The van der Waals surface area contributed by atoms with Crippen molar-refractivity contribution in [3.05, 3.63) is 28.7 Å². The van der Waals surface area contributed by atoms with Crippen molar-refractivity contribution in [1.29, 1.82) is 0 Å². The van der Waals surface area contributed by atoms with E-state index in [1.807, 2.05) is 0 Å². The van der Waals surface area contributed by atoms with Crippen molar-refractivity contribution in [2.75, 3.05) is 11.9 Å². The van der Waals surface area contributed by atoms with Crippen LogP contribution in [0.5, 0.6) is 0 Å². The fraction of sp³-hybridized carbons (Fsp3) is 0.538. The second kappa shape index (κ2) is 5.69. The fourth-order valence-corrected chi connectivity index (χ4v) is 2.34. The Morgan fingerprint density at radius 3 is 2.81 bits per heavy atom. The van der Waals surface area contributed by atoms with Gasteiger partial charge in [0.2, 0.25) is 0 Å². The minimum absolute atomic E-state index is 0.432. The number of benzene rings is 1. The molecule has 1 aliphatic heterocycles. The van der Waals surface area contributed by atoms with Crippen LogP contribution in [0.2, 0.25) is 0 Å². The van der Waals surface area contributed by atoms with Crippen LogP contribution in [-0.2, 0) is 4.74 Å². The molecule has 1 heterocycles. The van der Waals surface area contributed by atoms with Crippen LogP contribution >= 0.6 is 15.9 Å². The molecule has 0 saturated carbocycles. The van der Waals surface area contributed by atoms with Crippen LogP contribution < -0.4 is 5.32 Å². The minimum atomic E-state index is 0.432. The van der Waals surface area contributed by atoms with E-state index in [9.17, 15) is 0 Å². The number of rotatable bonds is 3. The van der Waals surface area contributed by atoms with Crippen LogP contribution in [0.15, 0.2) is 28.7 Å². The Balaban J connectivity index is 1.91. The zero-order chi connectivity index (χ0) is 11.4. The molecule has 0 amide bonds. The first kappa shape index (κ1) is 11.9. The third kappa shape index (κ3) is 3.22. The van der Waals surface area contributed by atoms with Gasteiger partial charge in [-0.3, -0.25) is 0 Å². The van der Waals surface area contributed by atoms with Crippen molar-refractivity contribution in [2.24, 2.45) is 0 Å². The molecule has 1 fully saturated rings. The summed E-state index contributed by atoms with van der Waals surface area (Å²) in [4.78, 5) is 0. The maximum atomic E-state index is 5.67. The molecule has 1 aromatic rings. The van der Waals surface area contributed by atoms with Crippen molar-refractivity contribution >= 4 is 21.6 Å². The Labute approximate surface area is 106 Å². The number of halogens is 1. The van der Waals surface area contributed by atoms with Gasteiger partial charge in [-0.15, -0.1) is 0 Å². The first-order chi connectivity index (χ1) is 7.78. The molecule has 1 aromatic carbocycles. The molecule has 0 spiro atoms. The summed E-state index contributed by atoms with van der Waals surface area (Å²) in [6.45, 7) is 3.07. The standard InChI is InChI=1S/C13H18BrNO/c1-2-13-9-12(7-8-16-13)15-11-5-3-10(14)4-6-11/h3-6,12-13,15H,2,7-9H2,1H3. The molecule has 1 aliphatic rings. The maximum absolute atomic E-state index is 5.67. The molecule has 2 atom stereocenters. The molecule has 0 aliphatic carbocycles. The molecule has 3 heteroatoms. The molecule has 1 N–H and O–H groups in total. The monoisotopic (exact) mass is 283 g/mol. The summed E-state index contributed by atoms with van der Waals surface area (Å²) in [6.07, 6.45) is 3.76. The zero-order valence-corrected chi connectivity index (χ0v) is 11.2. The molecular weight excluding hydrogens is 266 g/mol. The molecule has 2 nitrogen and oxygen atoms in total. The number of ether oxygens (including phenoxy) is 1. The highest BCUT2D eigenvalue weighted by Crippen LogP contribution is 2.21. The van der Waals surface area contributed by atoms with Crippen molar-refractivity contribution in [3.63, 3.8) is 0 Å². The van der Waals surface area contributed by atoms with Gasteiger partial charge in [-0.2, -0.15) is 0 Å². The fourth-order valence-electron chi connectivity index (χ4n) is 2.08. The lowest BCUT2D eigenvalue weighted by Gasteiger charge is -2.30. The van der Waals surface area contributed by atoms with E-state index in [0.29, 0.717) is 12.1 Å². The first-order valence-electron chi connectivity index (χ1n) is 5.91. The molecule has 2 unspecified atom stereocenters. The lowest BCUT2D eigenvalue weighted by atomic mass is 10.0. The van der Waals surface area contributed by atoms with E-state index in [1.165, 1.54) is 5.69 Å². The number of anilines is 1. The van der Waals surface area contributed by atoms with Gasteiger partial charge in [-0.05, 0) is 43.5 Å². The first-order valence-corrected chi connectivity index (χ1v) is 6.71. The Bertz CT molecular complexity index is 325. The average molecular weight is 284 g/mol. The summed E-state index contributed by atoms with van der Waals surface area (Å²) >= 11 is 3.44. The van der Waals surface area contributed by atoms with E-state index in [0.717, 1.165) is 30.3 Å². The van der Waals surface area contributed by atoms with Crippen LogP contribution in [0, 0.1) is 0 Å². The number of hydrogen-bond acceptors (Lipinski definition) is 2. The quantitative estimate of drug-likeness (QED) is 0.911. The van der Waals surface area contributed by atoms with Crippen LogP contribution in [0.3, 0.4) is 0 Å². The van der Waals surface area contributed by atoms with Gasteiger partial charge >= 0.3 is 0 Å². The SMILES string of the molecule is CCC1CC(Nc2ccc(Br)cc2)CCO1. The second-order valence-electron chi connectivity index (χ2n) is 4.27. The Kier molecular flexibility index (Phi) is 4.24. The van der Waals surface area contributed by atoms with E-state index in [4.69, 9.17) is 4.74 Å². The van der Waals surface area contributed by atoms with Crippen molar-refractivity contribution in [2.45, 2.75) is 38.3 Å². The molecular formula is C13H18BrNO. The second-order valence-corrected chi connectivity index (χ2v) is 5.19. The molecule has 1 saturated heterocycles. The Hall–Kier alpha value is -0.540. The minimum Gasteiger partial charge on any atom is -0.382 e. The van der Waals surface area contributed by atoms with Crippen LogP contribution in [0.4, 0.5) is 5.69 Å². The van der Waals surface area contributed by atoms with Gasteiger partial charge < -0.3 is 10.1 Å². The van der Waals surface area contributed by atoms with Crippen molar-refractivity contribution < 1.29 is 4.74 Å². The maximum Gasteiger partial charge on any atom is 0.0592 e. The number of hydrogen-bond donors (Lipinski definition) is 1. The summed E-state index contributed by atoms with van der Waals surface area (Å²) in [5.41, 5.74) is 1.20. The predicted octanol–water partition coefficient (Wildman–Crippen LogP) is 3.82. The molecule has 2 rings (SSSR count). The number of nitrogens with one attached hydrogen (secondary N) is 1. The normalized spacial score (nSPS) is 25.4. The van der Waals surface area contributed by atoms with Crippen LogP contribution in [0.25, 0.3) is 0 Å². The van der Waals surface area contributed by atoms with Gasteiger partial charge in [0.1, 0.15) is 0 Å². The highest BCUT2D eigenvalue weighted by Gasteiger charge is 2.20. The van der Waals surface area contributed by atoms with Gasteiger partial charge in [-0.25, -0.2) is 0 Å². The molecule has 0 radical (unpaired) electrons. The smallest absolute Gasteiger partial charge is 0.0592 e. The van der Waals surface area contributed by atoms with E-state index in [1.54, 1.807) is 0 Å². The predicted molar refractivity (Wildman–Crippen MR) is 70.8 cm³/mol. The summed E-state index contributed by atoms with van der Waals surface area (Å²) in [7, 11) is 0. The van der Waals surface area contributed by atoms with E-state index < -0.39 is 0 Å². The highest BCUT2D eigenvalue weighted by atomic mass is 79.9. The Morgan fingerprint density at radius 1 is 1.38 bits per heavy atom. The van der Waals surface area contributed by atoms with Gasteiger partial charge in [0, 0.05) is 22.8 Å². The largest absolute Gasteiger partial charge is 0.382 e. The van der Waals surface area contributed by atoms with E-state index >= 15 is 0 Å². The van der Waals surface area contributed by atoms with Crippen molar-refractivity contribution in [3.8, 4) is 0 Å². The van der Waals surface area contributed by atoms with E-state index in [2.05, 4.69) is 52.4 Å². The van der Waals surface area contributed by atoms with Crippen LogP contribution in [0.1, 0.15) is 26.2 Å². The molecule has 0 bridgehead atoms. The third-order valence-electron chi connectivity index (χ3n) is 3.04. The zero-order valence-electron chi connectivity index (χ0n) is 9.58. The molecule has 0 aromatic heterocycles. The molecule has 16 heavy (non-hydrogen) atoms. The molecule has 88 valence electrons. The van der Waals surface area contributed by atoms with E-state index in [-0.39, 0.29) is 0 Å². The topological polar surface area (TPSA) is 21.3 Å². The van der Waals surface area contributed by atoms with Gasteiger partial charge in [0.15, 0.2) is 0 Å². The highest BCUT2D eigenvalue weighted by molar-refractivity contribution is 9.10. The summed E-state index contributed by atoms with van der Waals surface area (Å²) < 4.78 is 6.79. The average Bonchev–Trinajstić information content (AvgIpc) is 2.32. The van der Waals surface area contributed by atoms with Gasteiger partial charge in [0.25, 0.3) is 0 Å². The van der Waals surface area contributed by atoms with Gasteiger partial charge in [0.05, 0.1) is 6.10 Å². The summed E-state index contributed by atoms with van der Waals surface area (Å²) in [5.74, 6) is 0. The van der Waals surface area contributed by atoms with Gasteiger partial charge in [-0.1, -0.05) is 22.9 Å². The Morgan fingerprint density at radius 2 is 2.12 bits per heavy atom.